The van der Waals surface area contributed by atoms with Crippen LogP contribution in [0.2, 0.25) is 0 Å². The molecule has 2 heterocycles. The molecule has 0 aliphatic carbocycles. The van der Waals surface area contributed by atoms with Gasteiger partial charge >= 0.3 is 0 Å². The Kier molecular flexibility index (Phi) is 2.78. The monoisotopic (exact) mass is 278 g/mol. The number of benzene rings is 1. The fourth-order valence-electron chi connectivity index (χ4n) is 2.29. The van der Waals surface area contributed by atoms with Crippen molar-refractivity contribution in [3.05, 3.63) is 24.5 Å². The van der Waals surface area contributed by atoms with E-state index in [4.69, 9.17) is 5.73 Å². The number of hydrogen-bond acceptors (Lipinski definition) is 6. The molecule has 1 aliphatic heterocycles. The van der Waals surface area contributed by atoms with E-state index in [9.17, 15) is 8.42 Å². The number of nitrogens with zero attached hydrogens (tertiary/aromatic N) is 2. The average molecular weight is 278 g/mol. The normalized spacial score (nSPS) is 21.6. The summed E-state index contributed by atoms with van der Waals surface area (Å²) in [6.45, 7) is 0. The predicted octanol–water partition coefficient (Wildman–Crippen LogP) is 0.811. The van der Waals surface area contributed by atoms with E-state index in [0.717, 1.165) is 10.9 Å². The lowest BCUT2D eigenvalue weighted by Gasteiger charge is -2.13. The van der Waals surface area contributed by atoms with Crippen molar-refractivity contribution in [2.45, 2.75) is 12.5 Å². The third-order valence-electron chi connectivity index (χ3n) is 3.23. The lowest BCUT2D eigenvalue weighted by atomic mass is 10.2. The number of fused-ring (bicyclic) bond motifs is 1. The van der Waals surface area contributed by atoms with E-state index in [2.05, 4.69) is 15.3 Å². The molecule has 6 nitrogen and oxygen atoms in total. The molecule has 1 unspecified atom stereocenters. The Morgan fingerprint density at radius 1 is 1.32 bits per heavy atom. The highest BCUT2D eigenvalue weighted by Gasteiger charge is 2.28. The molecule has 3 N–H and O–H groups in total. The van der Waals surface area contributed by atoms with Gasteiger partial charge < -0.3 is 11.1 Å². The van der Waals surface area contributed by atoms with Crippen LogP contribution in [0, 0.1) is 0 Å². The topological polar surface area (TPSA) is 98.0 Å². The summed E-state index contributed by atoms with van der Waals surface area (Å²) in [6, 6.07) is 5.31. The molecule has 7 heteroatoms. The van der Waals surface area contributed by atoms with E-state index in [1.54, 1.807) is 12.1 Å². The minimum Gasteiger partial charge on any atom is -0.399 e. The third kappa shape index (κ3) is 2.46. The van der Waals surface area contributed by atoms with Crippen LogP contribution in [0.5, 0.6) is 0 Å². The van der Waals surface area contributed by atoms with Crippen molar-refractivity contribution in [1.82, 2.24) is 9.97 Å². The van der Waals surface area contributed by atoms with Crippen LogP contribution in [-0.4, -0.2) is 35.9 Å². The highest BCUT2D eigenvalue weighted by molar-refractivity contribution is 7.91. The van der Waals surface area contributed by atoms with E-state index in [0.29, 0.717) is 17.9 Å². The van der Waals surface area contributed by atoms with Crippen LogP contribution in [0.15, 0.2) is 24.5 Å². The molecular weight excluding hydrogens is 264 g/mol. The largest absolute Gasteiger partial charge is 0.399 e. The second kappa shape index (κ2) is 4.34. The minimum atomic E-state index is -2.90. The van der Waals surface area contributed by atoms with Crippen molar-refractivity contribution in [3.63, 3.8) is 0 Å². The number of anilines is 2. The first kappa shape index (κ1) is 12.2. The van der Waals surface area contributed by atoms with Crippen LogP contribution >= 0.6 is 0 Å². The highest BCUT2D eigenvalue weighted by Crippen LogP contribution is 2.24. The fraction of sp³-hybridized carbons (Fsp3) is 0.333. The molecule has 1 fully saturated rings. The maximum atomic E-state index is 11.5. The molecule has 3 rings (SSSR count). The first-order chi connectivity index (χ1) is 9.03. The molecule has 2 aromatic rings. The molecule has 0 bridgehead atoms. The van der Waals surface area contributed by atoms with Gasteiger partial charge in [-0.2, -0.15) is 0 Å². The first-order valence-corrected chi connectivity index (χ1v) is 7.83. The van der Waals surface area contributed by atoms with Crippen molar-refractivity contribution in [3.8, 4) is 0 Å². The van der Waals surface area contributed by atoms with E-state index in [1.165, 1.54) is 6.33 Å². The highest BCUT2D eigenvalue weighted by atomic mass is 32.2. The van der Waals surface area contributed by atoms with Crippen molar-refractivity contribution < 1.29 is 8.42 Å². The van der Waals surface area contributed by atoms with Crippen LogP contribution < -0.4 is 11.1 Å². The SMILES string of the molecule is Nc1ccc2c(NC3CCS(=O)(=O)C3)ncnc2c1. The molecule has 0 spiro atoms. The summed E-state index contributed by atoms with van der Waals surface area (Å²) in [4.78, 5) is 8.35. The summed E-state index contributed by atoms with van der Waals surface area (Å²) in [7, 11) is -2.90. The zero-order chi connectivity index (χ0) is 13.5. The van der Waals surface area contributed by atoms with Gasteiger partial charge in [-0.15, -0.1) is 0 Å². The number of nitrogens with one attached hydrogen (secondary N) is 1. The van der Waals surface area contributed by atoms with Gasteiger partial charge in [-0.05, 0) is 24.6 Å². The van der Waals surface area contributed by atoms with Gasteiger partial charge in [0.2, 0.25) is 0 Å². The molecule has 1 atom stereocenters. The Morgan fingerprint density at radius 2 is 2.16 bits per heavy atom. The molecule has 1 saturated heterocycles. The van der Waals surface area contributed by atoms with Gasteiger partial charge in [0.05, 0.1) is 17.0 Å². The molecular formula is C12H14N4O2S. The van der Waals surface area contributed by atoms with Gasteiger partial charge in [-0.25, -0.2) is 18.4 Å². The summed E-state index contributed by atoms with van der Waals surface area (Å²) >= 11 is 0. The Morgan fingerprint density at radius 3 is 2.89 bits per heavy atom. The molecule has 1 aromatic heterocycles. The van der Waals surface area contributed by atoms with Crippen LogP contribution in [0.3, 0.4) is 0 Å². The van der Waals surface area contributed by atoms with Gasteiger partial charge in [0, 0.05) is 17.1 Å². The maximum Gasteiger partial charge on any atom is 0.152 e. The van der Waals surface area contributed by atoms with E-state index in [1.807, 2.05) is 6.07 Å². The summed E-state index contributed by atoms with van der Waals surface area (Å²) in [5.74, 6) is 1.06. The van der Waals surface area contributed by atoms with Crippen LogP contribution in [0.25, 0.3) is 10.9 Å². The predicted molar refractivity (Wildman–Crippen MR) is 74.6 cm³/mol. The maximum absolute atomic E-state index is 11.5. The summed E-state index contributed by atoms with van der Waals surface area (Å²) < 4.78 is 22.9. The van der Waals surface area contributed by atoms with Gasteiger partial charge in [0.1, 0.15) is 12.1 Å². The Bertz CT molecular complexity index is 730. The zero-order valence-electron chi connectivity index (χ0n) is 10.2. The summed E-state index contributed by atoms with van der Waals surface area (Å²) in [6.07, 6.45) is 2.07. The van der Waals surface area contributed by atoms with E-state index >= 15 is 0 Å². The minimum absolute atomic E-state index is 0.0827. The van der Waals surface area contributed by atoms with Crippen LogP contribution in [0.1, 0.15) is 6.42 Å². The molecule has 0 saturated carbocycles. The molecule has 1 aromatic carbocycles. The lowest BCUT2D eigenvalue weighted by molar-refractivity contribution is 0.602. The van der Waals surface area contributed by atoms with E-state index < -0.39 is 9.84 Å². The molecule has 1 aliphatic rings. The van der Waals surface area contributed by atoms with Gasteiger partial charge in [0.15, 0.2) is 9.84 Å². The van der Waals surface area contributed by atoms with Gasteiger partial charge in [-0.1, -0.05) is 0 Å². The number of aromatic nitrogens is 2. The van der Waals surface area contributed by atoms with Crippen molar-refractivity contribution in [1.29, 1.82) is 0 Å². The molecule has 19 heavy (non-hydrogen) atoms. The summed E-state index contributed by atoms with van der Waals surface area (Å²) in [5.41, 5.74) is 7.10. The fourth-order valence-corrected chi connectivity index (χ4v) is 3.96. The number of nitrogens with two attached hydrogens (primary N) is 1. The standard InChI is InChI=1S/C12H14N4O2S/c13-8-1-2-10-11(5-8)14-7-15-12(10)16-9-3-4-19(17,18)6-9/h1-2,5,7,9H,3-4,6,13H2,(H,14,15,16). The third-order valence-corrected chi connectivity index (χ3v) is 5.00. The average Bonchev–Trinajstić information content (AvgIpc) is 2.68. The molecule has 0 amide bonds. The van der Waals surface area contributed by atoms with E-state index in [-0.39, 0.29) is 17.5 Å². The second-order valence-electron chi connectivity index (χ2n) is 4.74. The Labute approximate surface area is 111 Å². The number of sulfone groups is 1. The van der Waals surface area contributed by atoms with Crippen LogP contribution in [0.4, 0.5) is 11.5 Å². The van der Waals surface area contributed by atoms with Crippen molar-refractivity contribution >= 4 is 32.2 Å². The van der Waals surface area contributed by atoms with Crippen molar-refractivity contribution in [2.24, 2.45) is 0 Å². The van der Waals surface area contributed by atoms with Gasteiger partial charge in [0.25, 0.3) is 0 Å². The first-order valence-electron chi connectivity index (χ1n) is 6.01. The summed E-state index contributed by atoms with van der Waals surface area (Å²) in [5, 5.41) is 4.04. The Balaban J connectivity index is 1.93. The molecule has 0 radical (unpaired) electrons. The van der Waals surface area contributed by atoms with Crippen LogP contribution in [-0.2, 0) is 9.84 Å². The Hall–Kier alpha value is -1.89. The molecule has 100 valence electrons. The zero-order valence-corrected chi connectivity index (χ0v) is 11.0. The second-order valence-corrected chi connectivity index (χ2v) is 6.97. The number of rotatable bonds is 2. The van der Waals surface area contributed by atoms with Crippen molar-refractivity contribution in [2.75, 3.05) is 22.6 Å². The number of nitrogen functional groups attached to an aromatic ring is 1. The number of hydrogen-bond donors (Lipinski definition) is 2. The van der Waals surface area contributed by atoms with Gasteiger partial charge in [-0.3, -0.25) is 0 Å². The lowest BCUT2D eigenvalue weighted by Crippen LogP contribution is -2.21. The smallest absolute Gasteiger partial charge is 0.152 e. The quantitative estimate of drug-likeness (QED) is 0.789.